The van der Waals surface area contributed by atoms with Crippen LogP contribution in [0.5, 0.6) is 0 Å². The van der Waals surface area contributed by atoms with Crippen molar-refractivity contribution in [2.24, 2.45) is 23.2 Å². The average Bonchev–Trinajstić information content (AvgIpc) is 2.91. The first-order valence-electron chi connectivity index (χ1n) is 9.16. The molecule has 0 aliphatic heterocycles. The fourth-order valence-corrected chi connectivity index (χ4v) is 6.62. The SMILES string of the molecule is C=CCC12CCC[C@H]1[C@@H]1CCC3=C(CCCC3)[C@H]1CC2. The van der Waals surface area contributed by atoms with E-state index < -0.39 is 0 Å². The van der Waals surface area contributed by atoms with Gasteiger partial charge in [-0.05, 0) is 93.8 Å². The van der Waals surface area contributed by atoms with Crippen LogP contribution in [0.2, 0.25) is 0 Å². The summed E-state index contributed by atoms with van der Waals surface area (Å²) in [5, 5.41) is 0. The summed E-state index contributed by atoms with van der Waals surface area (Å²) in [5.74, 6) is 3.08. The lowest BCUT2D eigenvalue weighted by atomic mass is 9.53. The molecule has 0 radical (unpaired) electrons. The first kappa shape index (κ1) is 13.2. The molecule has 0 aromatic carbocycles. The molecule has 0 N–H and O–H groups in total. The summed E-state index contributed by atoms with van der Waals surface area (Å²) in [7, 11) is 0. The van der Waals surface area contributed by atoms with Gasteiger partial charge in [0, 0.05) is 0 Å². The van der Waals surface area contributed by atoms with Crippen LogP contribution < -0.4 is 0 Å². The Morgan fingerprint density at radius 3 is 2.80 bits per heavy atom. The molecule has 0 aromatic rings. The molecule has 4 aliphatic rings. The van der Waals surface area contributed by atoms with Crippen LogP contribution in [0.1, 0.15) is 77.0 Å². The number of hydrogen-bond acceptors (Lipinski definition) is 0. The van der Waals surface area contributed by atoms with E-state index in [-0.39, 0.29) is 0 Å². The van der Waals surface area contributed by atoms with Gasteiger partial charge in [0.1, 0.15) is 0 Å². The molecule has 20 heavy (non-hydrogen) atoms. The summed E-state index contributed by atoms with van der Waals surface area (Å²) in [6, 6.07) is 0. The van der Waals surface area contributed by atoms with Crippen LogP contribution in [0.15, 0.2) is 23.8 Å². The highest BCUT2D eigenvalue weighted by Crippen LogP contribution is 2.62. The lowest BCUT2D eigenvalue weighted by molar-refractivity contribution is 0.0292. The molecular formula is C20H30. The molecule has 0 heterocycles. The molecule has 4 rings (SSSR count). The van der Waals surface area contributed by atoms with Gasteiger partial charge in [-0.1, -0.05) is 23.6 Å². The molecule has 4 aliphatic carbocycles. The van der Waals surface area contributed by atoms with E-state index in [2.05, 4.69) is 12.7 Å². The van der Waals surface area contributed by atoms with E-state index in [4.69, 9.17) is 0 Å². The molecule has 0 aromatic heterocycles. The minimum atomic E-state index is 0.676. The van der Waals surface area contributed by atoms with E-state index in [1.165, 1.54) is 77.0 Å². The molecule has 0 amide bonds. The lowest BCUT2D eigenvalue weighted by Gasteiger charge is -2.52. The average molecular weight is 270 g/mol. The molecule has 0 saturated heterocycles. The molecule has 2 saturated carbocycles. The maximum absolute atomic E-state index is 4.07. The zero-order valence-electron chi connectivity index (χ0n) is 13.0. The van der Waals surface area contributed by atoms with Crippen molar-refractivity contribution in [1.29, 1.82) is 0 Å². The summed E-state index contributed by atoms with van der Waals surface area (Å²) in [5.41, 5.74) is 4.55. The summed E-state index contributed by atoms with van der Waals surface area (Å²) in [6.45, 7) is 4.07. The quantitative estimate of drug-likeness (QED) is 0.537. The van der Waals surface area contributed by atoms with Crippen molar-refractivity contribution in [3.63, 3.8) is 0 Å². The van der Waals surface area contributed by atoms with E-state index in [9.17, 15) is 0 Å². The van der Waals surface area contributed by atoms with Gasteiger partial charge in [-0.3, -0.25) is 0 Å². The second-order valence-electron chi connectivity index (χ2n) is 8.04. The van der Waals surface area contributed by atoms with Crippen molar-refractivity contribution in [2.75, 3.05) is 0 Å². The third kappa shape index (κ3) is 1.86. The molecular weight excluding hydrogens is 240 g/mol. The number of hydrogen-bond donors (Lipinski definition) is 0. The van der Waals surface area contributed by atoms with Crippen molar-refractivity contribution >= 4 is 0 Å². The summed E-state index contributed by atoms with van der Waals surface area (Å²) in [4.78, 5) is 0. The smallest absolute Gasteiger partial charge is 0.0169 e. The van der Waals surface area contributed by atoms with Gasteiger partial charge >= 0.3 is 0 Å². The van der Waals surface area contributed by atoms with Crippen LogP contribution in [0.25, 0.3) is 0 Å². The van der Waals surface area contributed by atoms with E-state index in [1.54, 1.807) is 0 Å². The van der Waals surface area contributed by atoms with Crippen molar-refractivity contribution in [3.8, 4) is 0 Å². The van der Waals surface area contributed by atoms with Gasteiger partial charge < -0.3 is 0 Å². The molecule has 110 valence electrons. The molecule has 0 nitrogen and oxygen atoms in total. The Bertz CT molecular complexity index is 429. The lowest BCUT2D eigenvalue weighted by Crippen LogP contribution is -2.42. The van der Waals surface area contributed by atoms with Gasteiger partial charge in [0.2, 0.25) is 0 Å². The molecule has 0 spiro atoms. The van der Waals surface area contributed by atoms with E-state index in [0.29, 0.717) is 5.41 Å². The minimum Gasteiger partial charge on any atom is -0.103 e. The van der Waals surface area contributed by atoms with Gasteiger partial charge in [-0.25, -0.2) is 0 Å². The molecule has 0 bridgehead atoms. The van der Waals surface area contributed by atoms with Crippen LogP contribution in [0, 0.1) is 23.2 Å². The van der Waals surface area contributed by atoms with Crippen LogP contribution in [-0.4, -0.2) is 0 Å². The second kappa shape index (κ2) is 5.04. The zero-order valence-corrected chi connectivity index (χ0v) is 13.0. The molecule has 0 heteroatoms. The Hall–Kier alpha value is -0.520. The predicted molar refractivity (Wildman–Crippen MR) is 85.5 cm³/mol. The van der Waals surface area contributed by atoms with E-state index in [0.717, 1.165) is 17.8 Å². The Balaban J connectivity index is 1.64. The monoisotopic (exact) mass is 270 g/mol. The van der Waals surface area contributed by atoms with Crippen LogP contribution in [0.3, 0.4) is 0 Å². The normalized spacial score (nSPS) is 43.7. The number of allylic oxidation sites excluding steroid dienone is 3. The van der Waals surface area contributed by atoms with Crippen molar-refractivity contribution in [3.05, 3.63) is 23.8 Å². The highest BCUT2D eigenvalue weighted by molar-refractivity contribution is 5.26. The summed E-state index contributed by atoms with van der Waals surface area (Å²) >= 11 is 0. The van der Waals surface area contributed by atoms with Gasteiger partial charge in [0.25, 0.3) is 0 Å². The van der Waals surface area contributed by atoms with E-state index >= 15 is 0 Å². The standard InChI is InChI=1S/C20H30/c1-2-12-20-13-5-8-19(20)18-10-9-15-6-3-4-7-16(15)17(18)11-14-20/h2,17-19H,1,3-14H2/t17-,18-,19+,20?/m1/s1. The fraction of sp³-hybridized carbons (Fsp3) is 0.800. The van der Waals surface area contributed by atoms with Crippen LogP contribution in [0.4, 0.5) is 0 Å². The second-order valence-corrected chi connectivity index (χ2v) is 8.04. The van der Waals surface area contributed by atoms with Crippen molar-refractivity contribution in [1.82, 2.24) is 0 Å². The van der Waals surface area contributed by atoms with Crippen LogP contribution in [-0.2, 0) is 0 Å². The highest BCUT2D eigenvalue weighted by Gasteiger charge is 2.52. The number of rotatable bonds is 2. The minimum absolute atomic E-state index is 0.676. The van der Waals surface area contributed by atoms with Gasteiger partial charge in [0.15, 0.2) is 0 Å². The third-order valence-electron chi connectivity index (χ3n) is 7.37. The summed E-state index contributed by atoms with van der Waals surface area (Å²) in [6.07, 6.45) is 19.9. The van der Waals surface area contributed by atoms with Crippen molar-refractivity contribution in [2.45, 2.75) is 77.0 Å². The Morgan fingerprint density at radius 1 is 1.00 bits per heavy atom. The first-order chi connectivity index (χ1) is 9.84. The van der Waals surface area contributed by atoms with Crippen LogP contribution >= 0.6 is 0 Å². The van der Waals surface area contributed by atoms with Crippen molar-refractivity contribution < 1.29 is 0 Å². The molecule has 1 unspecified atom stereocenters. The highest BCUT2D eigenvalue weighted by atomic mass is 14.6. The maximum Gasteiger partial charge on any atom is -0.0169 e. The Labute approximate surface area is 124 Å². The topological polar surface area (TPSA) is 0 Å². The van der Waals surface area contributed by atoms with Gasteiger partial charge in [-0.15, -0.1) is 6.58 Å². The zero-order chi connectivity index (χ0) is 13.6. The van der Waals surface area contributed by atoms with E-state index in [1.807, 2.05) is 11.1 Å². The Kier molecular flexibility index (Phi) is 3.32. The summed E-state index contributed by atoms with van der Waals surface area (Å²) < 4.78 is 0. The Morgan fingerprint density at radius 2 is 1.90 bits per heavy atom. The molecule has 4 atom stereocenters. The van der Waals surface area contributed by atoms with Gasteiger partial charge in [0.05, 0.1) is 0 Å². The molecule has 2 fully saturated rings. The first-order valence-corrected chi connectivity index (χ1v) is 9.16. The predicted octanol–water partition coefficient (Wildman–Crippen LogP) is 6.04. The van der Waals surface area contributed by atoms with Gasteiger partial charge in [-0.2, -0.15) is 0 Å². The largest absolute Gasteiger partial charge is 0.103 e. The maximum atomic E-state index is 4.07. The fourth-order valence-electron chi connectivity index (χ4n) is 6.62. The third-order valence-corrected chi connectivity index (χ3v) is 7.37. The number of fused-ring (bicyclic) bond motifs is 4.